The van der Waals surface area contributed by atoms with Crippen LogP contribution in [0.5, 0.6) is 0 Å². The molecule has 0 saturated heterocycles. The van der Waals surface area contributed by atoms with Crippen LogP contribution in [0.15, 0.2) is 41.1 Å². The summed E-state index contributed by atoms with van der Waals surface area (Å²) in [6, 6.07) is 3.71. The SMILES string of the molecule is O=S(=O)(NCCc1cccnc1)c1c(Cl)nc2sccn12. The molecular weight excluding hydrogens is 332 g/mol. The van der Waals surface area contributed by atoms with Crippen LogP contribution in [0.1, 0.15) is 5.56 Å². The van der Waals surface area contributed by atoms with Gasteiger partial charge in [-0.25, -0.2) is 18.1 Å². The first kappa shape index (κ1) is 14.5. The van der Waals surface area contributed by atoms with E-state index < -0.39 is 10.0 Å². The van der Waals surface area contributed by atoms with Gasteiger partial charge in [0.1, 0.15) is 0 Å². The van der Waals surface area contributed by atoms with E-state index in [0.29, 0.717) is 11.4 Å². The van der Waals surface area contributed by atoms with Crippen molar-refractivity contribution in [2.75, 3.05) is 6.54 Å². The first-order valence-corrected chi connectivity index (χ1v) is 8.81. The predicted octanol–water partition coefficient (Wildman–Crippen LogP) is 1.97. The summed E-state index contributed by atoms with van der Waals surface area (Å²) in [6.45, 7) is 0.266. The van der Waals surface area contributed by atoms with Gasteiger partial charge in [0.05, 0.1) is 0 Å². The van der Waals surface area contributed by atoms with Gasteiger partial charge in [0.25, 0.3) is 10.0 Å². The number of nitrogens with zero attached hydrogens (tertiary/aromatic N) is 3. The molecule has 0 saturated carbocycles. The Hall–Kier alpha value is -1.48. The normalized spacial score (nSPS) is 12.0. The first-order chi connectivity index (χ1) is 10.1. The van der Waals surface area contributed by atoms with E-state index in [1.165, 1.54) is 15.7 Å². The molecule has 0 aliphatic carbocycles. The quantitative estimate of drug-likeness (QED) is 0.769. The van der Waals surface area contributed by atoms with Crippen molar-refractivity contribution in [1.82, 2.24) is 19.1 Å². The number of pyridine rings is 1. The molecule has 21 heavy (non-hydrogen) atoms. The summed E-state index contributed by atoms with van der Waals surface area (Å²) in [7, 11) is -3.71. The maximum Gasteiger partial charge on any atom is 0.259 e. The molecule has 3 heterocycles. The molecule has 0 fully saturated rings. The van der Waals surface area contributed by atoms with Gasteiger partial charge in [-0.3, -0.25) is 9.38 Å². The second-order valence-electron chi connectivity index (χ2n) is 4.27. The Balaban J connectivity index is 1.78. The number of fused-ring (bicyclic) bond motifs is 1. The van der Waals surface area contributed by atoms with Crippen LogP contribution in [-0.4, -0.2) is 29.3 Å². The van der Waals surface area contributed by atoms with Gasteiger partial charge in [-0.1, -0.05) is 17.7 Å². The minimum atomic E-state index is -3.71. The number of halogens is 1. The van der Waals surface area contributed by atoms with Crippen LogP contribution in [0.2, 0.25) is 5.15 Å². The Morgan fingerprint density at radius 3 is 3.05 bits per heavy atom. The minimum absolute atomic E-state index is 0.0178. The maximum absolute atomic E-state index is 12.3. The summed E-state index contributed by atoms with van der Waals surface area (Å²) >= 11 is 7.26. The molecule has 3 aromatic heterocycles. The summed E-state index contributed by atoms with van der Waals surface area (Å²) < 4.78 is 28.7. The summed E-state index contributed by atoms with van der Waals surface area (Å²) in [5, 5.41) is 1.72. The molecule has 110 valence electrons. The number of aromatic nitrogens is 3. The van der Waals surface area contributed by atoms with Gasteiger partial charge in [0.15, 0.2) is 15.1 Å². The summed E-state index contributed by atoms with van der Waals surface area (Å²) in [4.78, 5) is 8.56. The summed E-state index contributed by atoms with van der Waals surface area (Å²) in [5.41, 5.74) is 0.959. The van der Waals surface area contributed by atoms with Gasteiger partial charge in [0, 0.05) is 30.5 Å². The fourth-order valence-corrected chi connectivity index (χ4v) is 4.40. The fourth-order valence-electron chi connectivity index (χ4n) is 1.92. The Morgan fingerprint density at radius 2 is 2.29 bits per heavy atom. The first-order valence-electron chi connectivity index (χ1n) is 6.07. The molecule has 0 atom stereocenters. The molecule has 9 heteroatoms. The van der Waals surface area contributed by atoms with Crippen molar-refractivity contribution in [2.45, 2.75) is 11.4 Å². The van der Waals surface area contributed by atoms with Crippen LogP contribution < -0.4 is 4.72 Å². The van der Waals surface area contributed by atoms with E-state index in [1.807, 2.05) is 12.1 Å². The smallest absolute Gasteiger partial charge is 0.259 e. The molecule has 0 aliphatic rings. The third kappa shape index (κ3) is 2.93. The number of rotatable bonds is 5. The molecule has 0 radical (unpaired) electrons. The third-order valence-electron chi connectivity index (χ3n) is 2.86. The molecule has 1 N–H and O–H groups in total. The van der Waals surface area contributed by atoms with Gasteiger partial charge in [-0.05, 0) is 18.1 Å². The number of thiazole rings is 1. The van der Waals surface area contributed by atoms with Crippen molar-refractivity contribution in [2.24, 2.45) is 0 Å². The predicted molar refractivity (Wildman–Crippen MR) is 81.2 cm³/mol. The molecular formula is C12H11ClN4O2S2. The zero-order chi connectivity index (χ0) is 14.9. The lowest BCUT2D eigenvalue weighted by Gasteiger charge is -2.06. The zero-order valence-corrected chi connectivity index (χ0v) is 13.1. The van der Waals surface area contributed by atoms with E-state index in [1.54, 1.807) is 24.0 Å². The molecule has 0 bridgehead atoms. The van der Waals surface area contributed by atoms with E-state index in [-0.39, 0.29) is 16.7 Å². The van der Waals surface area contributed by atoms with Crippen LogP contribution in [0, 0.1) is 0 Å². The number of hydrogen-bond acceptors (Lipinski definition) is 5. The zero-order valence-electron chi connectivity index (χ0n) is 10.7. The molecule has 3 rings (SSSR count). The highest BCUT2D eigenvalue weighted by atomic mass is 35.5. The molecule has 0 aromatic carbocycles. The highest BCUT2D eigenvalue weighted by molar-refractivity contribution is 7.89. The average molecular weight is 343 g/mol. The van der Waals surface area contributed by atoms with Gasteiger partial charge in [0.2, 0.25) is 0 Å². The largest absolute Gasteiger partial charge is 0.279 e. The summed E-state index contributed by atoms with van der Waals surface area (Å²) in [6.07, 6.45) is 5.56. The van der Waals surface area contributed by atoms with Crippen LogP contribution >= 0.6 is 22.9 Å². The van der Waals surface area contributed by atoms with Crippen molar-refractivity contribution in [1.29, 1.82) is 0 Å². The van der Waals surface area contributed by atoms with Crippen LogP contribution in [0.3, 0.4) is 0 Å². The van der Waals surface area contributed by atoms with Crippen molar-refractivity contribution < 1.29 is 8.42 Å². The second kappa shape index (κ2) is 5.72. The van der Waals surface area contributed by atoms with Crippen molar-refractivity contribution in [3.63, 3.8) is 0 Å². The Morgan fingerprint density at radius 1 is 1.43 bits per heavy atom. The van der Waals surface area contributed by atoms with Crippen LogP contribution in [0.4, 0.5) is 0 Å². The molecule has 6 nitrogen and oxygen atoms in total. The number of hydrogen-bond donors (Lipinski definition) is 1. The summed E-state index contributed by atoms with van der Waals surface area (Å²) in [5.74, 6) is 0. The molecule has 0 spiro atoms. The lowest BCUT2D eigenvalue weighted by atomic mass is 10.2. The van der Waals surface area contributed by atoms with E-state index >= 15 is 0 Å². The van der Waals surface area contributed by atoms with Gasteiger partial charge >= 0.3 is 0 Å². The Labute approximate surface area is 130 Å². The van der Waals surface area contributed by atoms with Crippen molar-refractivity contribution in [3.8, 4) is 0 Å². The number of sulfonamides is 1. The van der Waals surface area contributed by atoms with E-state index in [0.717, 1.165) is 5.56 Å². The second-order valence-corrected chi connectivity index (χ2v) is 7.19. The van der Waals surface area contributed by atoms with Crippen LogP contribution in [-0.2, 0) is 16.4 Å². The van der Waals surface area contributed by atoms with Gasteiger partial charge < -0.3 is 0 Å². The molecule has 0 aliphatic heterocycles. The standard InChI is InChI=1S/C12H11ClN4O2S2/c13-10-11(17-6-7-20-12(17)16-10)21(18,19)15-5-3-9-2-1-4-14-8-9/h1-2,4,6-8,15H,3,5H2. The topological polar surface area (TPSA) is 76.4 Å². The Bertz CT molecular complexity index is 858. The van der Waals surface area contributed by atoms with E-state index in [9.17, 15) is 8.42 Å². The van der Waals surface area contributed by atoms with E-state index in [2.05, 4.69) is 14.7 Å². The highest BCUT2D eigenvalue weighted by Crippen LogP contribution is 2.25. The molecule has 0 amide bonds. The van der Waals surface area contributed by atoms with Crippen molar-refractivity contribution >= 4 is 37.9 Å². The Kier molecular flexibility index (Phi) is 3.94. The third-order valence-corrected chi connectivity index (χ3v) is 5.48. The monoisotopic (exact) mass is 342 g/mol. The van der Waals surface area contributed by atoms with E-state index in [4.69, 9.17) is 11.6 Å². The van der Waals surface area contributed by atoms with Gasteiger partial charge in [-0.15, -0.1) is 11.3 Å². The highest BCUT2D eigenvalue weighted by Gasteiger charge is 2.24. The number of imidazole rings is 1. The van der Waals surface area contributed by atoms with Crippen molar-refractivity contribution in [3.05, 3.63) is 46.8 Å². The fraction of sp³-hybridized carbons (Fsp3) is 0.167. The molecule has 0 unspecified atom stereocenters. The molecule has 3 aromatic rings. The number of nitrogens with one attached hydrogen (secondary N) is 1. The lowest BCUT2D eigenvalue weighted by molar-refractivity contribution is 0.577. The maximum atomic E-state index is 12.3. The minimum Gasteiger partial charge on any atom is -0.279 e. The lowest BCUT2D eigenvalue weighted by Crippen LogP contribution is -2.27. The van der Waals surface area contributed by atoms with Crippen LogP contribution in [0.25, 0.3) is 4.96 Å². The average Bonchev–Trinajstić information content (AvgIpc) is 2.99. The van der Waals surface area contributed by atoms with Gasteiger partial charge in [-0.2, -0.15) is 0 Å².